The Hall–Kier alpha value is -1.95. The second-order valence-electron chi connectivity index (χ2n) is 3.59. The highest BCUT2D eigenvalue weighted by molar-refractivity contribution is 9.10. The first kappa shape index (κ1) is 12.5. The zero-order chi connectivity index (χ0) is 13.0. The van der Waals surface area contributed by atoms with E-state index in [0.29, 0.717) is 12.2 Å². The summed E-state index contributed by atoms with van der Waals surface area (Å²) in [6.07, 6.45) is 2.76. The average Bonchev–Trinajstić information content (AvgIpc) is 2.38. The summed E-state index contributed by atoms with van der Waals surface area (Å²) in [7, 11) is 0. The number of nitro groups is 1. The maximum absolute atomic E-state index is 10.8. The van der Waals surface area contributed by atoms with Crippen LogP contribution in [0.5, 0.6) is 0 Å². The number of benzene rings is 1. The van der Waals surface area contributed by atoms with Gasteiger partial charge < -0.3 is 5.32 Å². The van der Waals surface area contributed by atoms with E-state index in [4.69, 9.17) is 0 Å². The molecule has 0 saturated heterocycles. The molecule has 2 rings (SSSR count). The van der Waals surface area contributed by atoms with Crippen LogP contribution in [0.2, 0.25) is 0 Å². The topological polar surface area (TPSA) is 68.1 Å². The minimum absolute atomic E-state index is 0.0236. The normalized spacial score (nSPS) is 10.1. The van der Waals surface area contributed by atoms with Gasteiger partial charge in [0.2, 0.25) is 0 Å². The lowest BCUT2D eigenvalue weighted by atomic mass is 10.2. The molecule has 2 aromatic rings. The molecule has 0 aliphatic heterocycles. The van der Waals surface area contributed by atoms with Crippen molar-refractivity contribution in [2.24, 2.45) is 0 Å². The standard InChI is InChI=1S/C12H10BrN3O2/c13-10-4-2-1-3-9(10)7-15-11-5-6-14-8-12(11)16(17)18/h1-6,8H,7H2,(H,14,15). The van der Waals surface area contributed by atoms with Gasteiger partial charge in [-0.1, -0.05) is 34.1 Å². The van der Waals surface area contributed by atoms with E-state index in [-0.39, 0.29) is 5.69 Å². The average molecular weight is 308 g/mol. The molecule has 1 N–H and O–H groups in total. The lowest BCUT2D eigenvalue weighted by Gasteiger charge is -2.08. The molecule has 0 unspecified atom stereocenters. The van der Waals surface area contributed by atoms with Gasteiger partial charge in [-0.3, -0.25) is 15.1 Å². The number of anilines is 1. The van der Waals surface area contributed by atoms with E-state index < -0.39 is 4.92 Å². The second kappa shape index (κ2) is 5.59. The van der Waals surface area contributed by atoms with Crippen LogP contribution in [-0.2, 0) is 6.54 Å². The van der Waals surface area contributed by atoms with Crippen LogP contribution in [0.3, 0.4) is 0 Å². The first-order valence-electron chi connectivity index (χ1n) is 5.24. The van der Waals surface area contributed by atoms with Gasteiger partial charge in [0.1, 0.15) is 11.9 Å². The molecule has 0 saturated carbocycles. The van der Waals surface area contributed by atoms with Crippen molar-refractivity contribution in [1.82, 2.24) is 4.98 Å². The molecule has 1 aromatic carbocycles. The SMILES string of the molecule is O=[N+]([O-])c1cnccc1NCc1ccccc1Br. The highest BCUT2D eigenvalue weighted by Crippen LogP contribution is 2.24. The fourth-order valence-electron chi connectivity index (χ4n) is 1.51. The van der Waals surface area contributed by atoms with Crippen molar-refractivity contribution in [2.75, 3.05) is 5.32 Å². The molecule has 0 fully saturated rings. The van der Waals surface area contributed by atoms with Gasteiger partial charge in [-0.15, -0.1) is 0 Å². The molecule has 1 heterocycles. The summed E-state index contributed by atoms with van der Waals surface area (Å²) in [5.74, 6) is 0. The molecular weight excluding hydrogens is 298 g/mol. The smallest absolute Gasteiger partial charge is 0.310 e. The number of nitrogens with one attached hydrogen (secondary N) is 1. The summed E-state index contributed by atoms with van der Waals surface area (Å²) in [4.78, 5) is 14.1. The first-order chi connectivity index (χ1) is 8.68. The Balaban J connectivity index is 2.16. The van der Waals surface area contributed by atoms with Gasteiger partial charge in [0.25, 0.3) is 0 Å². The molecule has 5 nitrogen and oxygen atoms in total. The third-order valence-electron chi connectivity index (χ3n) is 2.42. The quantitative estimate of drug-likeness (QED) is 0.694. The molecule has 0 aliphatic carbocycles. The minimum atomic E-state index is -0.449. The fraction of sp³-hybridized carbons (Fsp3) is 0.0833. The van der Waals surface area contributed by atoms with E-state index in [0.717, 1.165) is 10.0 Å². The van der Waals surface area contributed by atoms with Crippen molar-refractivity contribution < 1.29 is 4.92 Å². The summed E-state index contributed by atoms with van der Waals surface area (Å²) in [5.41, 5.74) is 1.47. The summed E-state index contributed by atoms with van der Waals surface area (Å²) in [6.45, 7) is 0.506. The second-order valence-corrected chi connectivity index (χ2v) is 4.45. The van der Waals surface area contributed by atoms with Gasteiger partial charge in [-0.2, -0.15) is 0 Å². The lowest BCUT2D eigenvalue weighted by Crippen LogP contribution is -2.03. The van der Waals surface area contributed by atoms with Crippen molar-refractivity contribution in [3.05, 3.63) is 62.9 Å². The van der Waals surface area contributed by atoms with E-state index in [1.165, 1.54) is 12.4 Å². The molecule has 0 bridgehead atoms. The molecule has 0 atom stereocenters. The number of rotatable bonds is 4. The summed E-state index contributed by atoms with van der Waals surface area (Å²) in [5, 5.41) is 13.9. The third kappa shape index (κ3) is 2.84. The molecule has 92 valence electrons. The molecule has 0 amide bonds. The van der Waals surface area contributed by atoms with Gasteiger partial charge >= 0.3 is 5.69 Å². The first-order valence-corrected chi connectivity index (χ1v) is 6.03. The maximum Gasteiger partial charge on any atom is 0.310 e. The zero-order valence-electron chi connectivity index (χ0n) is 9.34. The third-order valence-corrected chi connectivity index (χ3v) is 3.20. The van der Waals surface area contributed by atoms with Crippen molar-refractivity contribution in [3.63, 3.8) is 0 Å². The Bertz CT molecular complexity index is 575. The molecule has 1 aromatic heterocycles. The summed E-state index contributed by atoms with van der Waals surface area (Å²) < 4.78 is 0.967. The monoisotopic (exact) mass is 307 g/mol. The van der Waals surface area contributed by atoms with E-state index in [1.54, 1.807) is 6.07 Å². The minimum Gasteiger partial charge on any atom is -0.375 e. The van der Waals surface area contributed by atoms with E-state index in [1.807, 2.05) is 24.3 Å². The van der Waals surface area contributed by atoms with Crippen LogP contribution in [0.1, 0.15) is 5.56 Å². The van der Waals surface area contributed by atoms with Crippen LogP contribution in [-0.4, -0.2) is 9.91 Å². The Kier molecular flexibility index (Phi) is 3.88. The Labute approximate surface area is 112 Å². The number of halogens is 1. The number of hydrogen-bond acceptors (Lipinski definition) is 4. The molecule has 0 radical (unpaired) electrons. The highest BCUT2D eigenvalue weighted by Gasteiger charge is 2.12. The van der Waals surface area contributed by atoms with Crippen LogP contribution in [0.15, 0.2) is 47.2 Å². The number of hydrogen-bond donors (Lipinski definition) is 1. The van der Waals surface area contributed by atoms with E-state index in [2.05, 4.69) is 26.2 Å². The Morgan fingerprint density at radius 1 is 1.33 bits per heavy atom. The van der Waals surface area contributed by atoms with Gasteiger partial charge in [0.15, 0.2) is 0 Å². The van der Waals surface area contributed by atoms with E-state index in [9.17, 15) is 10.1 Å². The van der Waals surface area contributed by atoms with Crippen molar-refractivity contribution in [2.45, 2.75) is 6.54 Å². The number of nitrogens with zero attached hydrogens (tertiary/aromatic N) is 2. The Morgan fingerprint density at radius 2 is 2.11 bits per heavy atom. The van der Waals surface area contributed by atoms with E-state index >= 15 is 0 Å². The van der Waals surface area contributed by atoms with Gasteiger partial charge in [-0.05, 0) is 17.7 Å². The summed E-state index contributed by atoms with van der Waals surface area (Å²) >= 11 is 3.43. The maximum atomic E-state index is 10.8. The predicted octanol–water partition coefficient (Wildman–Crippen LogP) is 3.36. The Morgan fingerprint density at radius 3 is 2.83 bits per heavy atom. The molecule has 0 aliphatic rings. The molecule has 0 spiro atoms. The van der Waals surface area contributed by atoms with Crippen molar-refractivity contribution in [1.29, 1.82) is 0 Å². The van der Waals surface area contributed by atoms with Crippen molar-refractivity contribution >= 4 is 27.3 Å². The van der Waals surface area contributed by atoms with Crippen molar-refractivity contribution in [3.8, 4) is 0 Å². The van der Waals surface area contributed by atoms with Crippen LogP contribution in [0.4, 0.5) is 11.4 Å². The van der Waals surface area contributed by atoms with Gasteiger partial charge in [0, 0.05) is 17.2 Å². The predicted molar refractivity (Wildman–Crippen MR) is 72.4 cm³/mol. The van der Waals surface area contributed by atoms with Gasteiger partial charge in [0.05, 0.1) is 4.92 Å². The molecule has 6 heteroatoms. The fourth-order valence-corrected chi connectivity index (χ4v) is 1.94. The van der Waals surface area contributed by atoms with Crippen LogP contribution in [0, 0.1) is 10.1 Å². The summed E-state index contributed by atoms with van der Waals surface area (Å²) in [6, 6.07) is 9.31. The van der Waals surface area contributed by atoms with Crippen LogP contribution >= 0.6 is 15.9 Å². The lowest BCUT2D eigenvalue weighted by molar-refractivity contribution is -0.384. The van der Waals surface area contributed by atoms with Gasteiger partial charge in [-0.25, -0.2) is 0 Å². The van der Waals surface area contributed by atoms with Crippen LogP contribution in [0.25, 0.3) is 0 Å². The molecule has 18 heavy (non-hydrogen) atoms. The number of pyridine rings is 1. The highest BCUT2D eigenvalue weighted by atomic mass is 79.9. The van der Waals surface area contributed by atoms with Crippen LogP contribution < -0.4 is 5.32 Å². The zero-order valence-corrected chi connectivity index (χ0v) is 10.9. The molecular formula is C12H10BrN3O2. The largest absolute Gasteiger partial charge is 0.375 e. The number of aromatic nitrogens is 1.